The van der Waals surface area contributed by atoms with Gasteiger partial charge in [-0.15, -0.1) is 11.3 Å². The van der Waals surface area contributed by atoms with Gasteiger partial charge < -0.3 is 10.0 Å². The smallest absolute Gasteiger partial charge is 0.315 e. The van der Waals surface area contributed by atoms with Crippen LogP contribution in [0.15, 0.2) is 12.1 Å². The van der Waals surface area contributed by atoms with E-state index in [-0.39, 0.29) is 0 Å². The summed E-state index contributed by atoms with van der Waals surface area (Å²) in [5.74, 6) is -2.53. The fraction of sp³-hybridized carbons (Fsp3) is 0.400. The summed E-state index contributed by atoms with van der Waals surface area (Å²) in [6.07, 6.45) is 0. The van der Waals surface area contributed by atoms with Crippen molar-refractivity contribution in [2.24, 2.45) is 5.92 Å². The number of rotatable bonds is 4. The van der Waals surface area contributed by atoms with Gasteiger partial charge in [-0.05, 0) is 19.1 Å². The van der Waals surface area contributed by atoms with Crippen LogP contribution < -0.4 is 0 Å². The van der Waals surface area contributed by atoms with Crippen LogP contribution in [-0.4, -0.2) is 28.9 Å². The van der Waals surface area contributed by atoms with Gasteiger partial charge in [0.15, 0.2) is 0 Å². The molecule has 4 nitrogen and oxygen atoms in total. The molecule has 0 fully saturated rings. The first kappa shape index (κ1) is 13.0. The summed E-state index contributed by atoms with van der Waals surface area (Å²) in [5.41, 5.74) is 0. The van der Waals surface area contributed by atoms with Crippen LogP contribution in [-0.2, 0) is 16.1 Å². The molecule has 6 heteroatoms. The van der Waals surface area contributed by atoms with Crippen LogP contribution in [0.25, 0.3) is 0 Å². The summed E-state index contributed by atoms with van der Waals surface area (Å²) in [4.78, 5) is 24.6. The van der Waals surface area contributed by atoms with Gasteiger partial charge in [-0.1, -0.05) is 11.6 Å². The van der Waals surface area contributed by atoms with Crippen LogP contribution >= 0.6 is 22.9 Å². The fourth-order valence-electron chi connectivity index (χ4n) is 1.18. The van der Waals surface area contributed by atoms with E-state index in [0.29, 0.717) is 10.9 Å². The van der Waals surface area contributed by atoms with E-state index in [1.807, 2.05) is 6.07 Å². The Morgan fingerprint density at radius 3 is 2.62 bits per heavy atom. The molecule has 1 atom stereocenters. The first-order valence-electron chi connectivity index (χ1n) is 4.64. The van der Waals surface area contributed by atoms with Gasteiger partial charge in [0.05, 0.1) is 10.9 Å². The summed E-state index contributed by atoms with van der Waals surface area (Å²) < 4.78 is 0.655. The summed E-state index contributed by atoms with van der Waals surface area (Å²) in [6.45, 7) is 1.76. The van der Waals surface area contributed by atoms with Crippen LogP contribution in [0.3, 0.4) is 0 Å². The first-order valence-corrected chi connectivity index (χ1v) is 5.83. The molecule has 0 spiro atoms. The predicted octanol–water partition coefficient (Wildman–Crippen LogP) is 2.08. The van der Waals surface area contributed by atoms with Crippen LogP contribution in [0.5, 0.6) is 0 Å². The largest absolute Gasteiger partial charge is 0.481 e. The number of carbonyl (C=O) groups excluding carboxylic acids is 1. The first-order chi connectivity index (χ1) is 7.41. The fourth-order valence-corrected chi connectivity index (χ4v) is 2.33. The van der Waals surface area contributed by atoms with Gasteiger partial charge in [-0.2, -0.15) is 0 Å². The quantitative estimate of drug-likeness (QED) is 0.845. The molecular weight excluding hydrogens is 250 g/mol. The van der Waals surface area contributed by atoms with E-state index in [0.717, 1.165) is 4.88 Å². The van der Waals surface area contributed by atoms with Crippen molar-refractivity contribution in [3.05, 3.63) is 21.3 Å². The minimum atomic E-state index is -1.11. The number of carboxylic acid groups (broad SMARTS) is 1. The van der Waals surface area contributed by atoms with Crippen LogP contribution in [0, 0.1) is 5.92 Å². The number of carbonyl (C=O) groups is 2. The Balaban J connectivity index is 2.62. The molecule has 0 bridgehead atoms. The van der Waals surface area contributed by atoms with Gasteiger partial charge in [0.2, 0.25) is 5.91 Å². The van der Waals surface area contributed by atoms with Crippen molar-refractivity contribution in [1.29, 1.82) is 0 Å². The molecule has 16 heavy (non-hydrogen) atoms. The Labute approximate surface area is 102 Å². The normalized spacial score (nSPS) is 12.2. The van der Waals surface area contributed by atoms with Gasteiger partial charge in [0, 0.05) is 11.9 Å². The van der Waals surface area contributed by atoms with E-state index in [4.69, 9.17) is 16.7 Å². The Morgan fingerprint density at radius 1 is 1.56 bits per heavy atom. The van der Waals surface area contributed by atoms with Gasteiger partial charge >= 0.3 is 5.97 Å². The molecular formula is C10H12ClNO3S. The van der Waals surface area contributed by atoms with Crippen molar-refractivity contribution >= 4 is 34.8 Å². The number of hydrogen-bond donors (Lipinski definition) is 1. The highest BCUT2D eigenvalue weighted by atomic mass is 35.5. The third-order valence-corrected chi connectivity index (χ3v) is 3.35. The third kappa shape index (κ3) is 3.21. The molecule has 0 aliphatic heterocycles. The number of nitrogens with zero attached hydrogens (tertiary/aromatic N) is 1. The molecule has 1 heterocycles. The summed E-state index contributed by atoms with van der Waals surface area (Å²) in [7, 11) is 1.58. The second-order valence-corrected chi connectivity index (χ2v) is 5.26. The lowest BCUT2D eigenvalue weighted by Gasteiger charge is -2.18. The van der Waals surface area contributed by atoms with E-state index in [1.165, 1.54) is 23.2 Å². The lowest BCUT2D eigenvalue weighted by Crippen LogP contribution is -2.34. The van der Waals surface area contributed by atoms with E-state index in [1.54, 1.807) is 13.1 Å². The van der Waals surface area contributed by atoms with Crippen molar-refractivity contribution in [3.63, 3.8) is 0 Å². The van der Waals surface area contributed by atoms with Crippen molar-refractivity contribution < 1.29 is 14.7 Å². The molecule has 0 saturated carbocycles. The highest BCUT2D eigenvalue weighted by Crippen LogP contribution is 2.22. The zero-order valence-electron chi connectivity index (χ0n) is 8.94. The molecule has 0 radical (unpaired) electrons. The Bertz CT molecular complexity index is 405. The summed E-state index contributed by atoms with van der Waals surface area (Å²) in [6, 6.07) is 3.57. The number of amides is 1. The summed E-state index contributed by atoms with van der Waals surface area (Å²) in [5, 5.41) is 8.71. The molecule has 0 saturated heterocycles. The minimum Gasteiger partial charge on any atom is -0.481 e. The van der Waals surface area contributed by atoms with Crippen LogP contribution in [0.2, 0.25) is 4.34 Å². The Kier molecular flexibility index (Phi) is 4.32. The predicted molar refractivity (Wildman–Crippen MR) is 62.6 cm³/mol. The number of thiophene rings is 1. The highest BCUT2D eigenvalue weighted by molar-refractivity contribution is 7.16. The molecule has 1 amide bonds. The second-order valence-electron chi connectivity index (χ2n) is 3.46. The molecule has 88 valence electrons. The van der Waals surface area contributed by atoms with E-state index >= 15 is 0 Å². The van der Waals surface area contributed by atoms with Crippen molar-refractivity contribution in [3.8, 4) is 0 Å². The topological polar surface area (TPSA) is 57.6 Å². The lowest BCUT2D eigenvalue weighted by molar-refractivity contribution is -0.149. The van der Waals surface area contributed by atoms with Crippen LogP contribution in [0.1, 0.15) is 11.8 Å². The molecule has 1 aromatic rings. The average Bonchev–Trinajstić information content (AvgIpc) is 2.61. The van der Waals surface area contributed by atoms with Gasteiger partial charge in [0.1, 0.15) is 5.92 Å². The molecule has 1 aromatic heterocycles. The second kappa shape index (κ2) is 5.32. The molecule has 0 aliphatic carbocycles. The number of aliphatic carboxylic acids is 1. The lowest BCUT2D eigenvalue weighted by atomic mass is 10.1. The van der Waals surface area contributed by atoms with Gasteiger partial charge in [-0.3, -0.25) is 9.59 Å². The zero-order valence-corrected chi connectivity index (χ0v) is 10.5. The maximum atomic E-state index is 11.6. The number of hydrogen-bond acceptors (Lipinski definition) is 3. The zero-order chi connectivity index (χ0) is 12.3. The maximum absolute atomic E-state index is 11.6. The monoisotopic (exact) mass is 261 g/mol. The van der Waals surface area contributed by atoms with E-state index in [9.17, 15) is 9.59 Å². The van der Waals surface area contributed by atoms with Crippen LogP contribution in [0.4, 0.5) is 0 Å². The highest BCUT2D eigenvalue weighted by Gasteiger charge is 2.24. The molecule has 1 unspecified atom stereocenters. The molecule has 0 aromatic carbocycles. The van der Waals surface area contributed by atoms with Gasteiger partial charge in [0.25, 0.3) is 0 Å². The number of carboxylic acids is 1. The minimum absolute atomic E-state index is 0.383. The van der Waals surface area contributed by atoms with Crippen molar-refractivity contribution in [2.75, 3.05) is 7.05 Å². The average molecular weight is 262 g/mol. The van der Waals surface area contributed by atoms with Gasteiger partial charge in [-0.25, -0.2) is 0 Å². The third-order valence-electron chi connectivity index (χ3n) is 2.14. The molecule has 1 N–H and O–H groups in total. The van der Waals surface area contributed by atoms with E-state index in [2.05, 4.69) is 0 Å². The van der Waals surface area contributed by atoms with Crippen molar-refractivity contribution in [2.45, 2.75) is 13.5 Å². The number of halogens is 1. The molecule has 1 rings (SSSR count). The Morgan fingerprint density at radius 2 is 2.19 bits per heavy atom. The summed E-state index contributed by atoms with van der Waals surface area (Å²) >= 11 is 7.14. The van der Waals surface area contributed by atoms with E-state index < -0.39 is 17.8 Å². The standard InChI is InChI=1S/C10H12ClNO3S/c1-6(10(14)15)9(13)12(2)5-7-3-4-8(11)16-7/h3-4,6H,5H2,1-2H3,(H,14,15). The molecule has 0 aliphatic rings. The Hall–Kier alpha value is -1.07. The maximum Gasteiger partial charge on any atom is 0.315 e. The van der Waals surface area contributed by atoms with Crippen molar-refractivity contribution in [1.82, 2.24) is 4.90 Å². The SMILES string of the molecule is CC(C(=O)O)C(=O)N(C)Cc1ccc(Cl)s1.